The summed E-state index contributed by atoms with van der Waals surface area (Å²) in [7, 11) is -0.870. The third-order valence-electron chi connectivity index (χ3n) is 3.94. The van der Waals surface area contributed by atoms with Crippen LogP contribution in [0.25, 0.3) is 0 Å². The number of hydrogen-bond donors (Lipinski definition) is 1. The zero-order valence-electron chi connectivity index (χ0n) is 13.5. The third-order valence-corrected chi connectivity index (χ3v) is 5.66. The van der Waals surface area contributed by atoms with Gasteiger partial charge >= 0.3 is 0 Å². The lowest BCUT2D eigenvalue weighted by Gasteiger charge is -2.33. The van der Waals surface area contributed by atoms with E-state index in [1.165, 1.54) is 11.1 Å². The summed E-state index contributed by atoms with van der Waals surface area (Å²) in [5.41, 5.74) is 2.68. The topological polar surface area (TPSA) is 29.1 Å². The molecule has 1 aromatic rings. The molecular formula is C17H27NOS. The molecule has 1 aliphatic rings. The van der Waals surface area contributed by atoms with E-state index in [0.717, 1.165) is 11.3 Å². The van der Waals surface area contributed by atoms with Crippen LogP contribution in [-0.4, -0.2) is 15.5 Å². The Morgan fingerprint density at radius 2 is 1.95 bits per heavy atom. The Labute approximate surface area is 125 Å². The number of hydrogen-bond acceptors (Lipinski definition) is 2. The van der Waals surface area contributed by atoms with Crippen molar-refractivity contribution in [2.24, 2.45) is 0 Å². The van der Waals surface area contributed by atoms with Gasteiger partial charge in [0, 0.05) is 22.2 Å². The van der Waals surface area contributed by atoms with Crippen LogP contribution >= 0.6 is 0 Å². The van der Waals surface area contributed by atoms with Crippen molar-refractivity contribution in [3.05, 3.63) is 29.3 Å². The Morgan fingerprint density at radius 1 is 1.30 bits per heavy atom. The molecule has 0 saturated heterocycles. The van der Waals surface area contributed by atoms with Crippen molar-refractivity contribution in [2.75, 3.05) is 0 Å². The summed E-state index contributed by atoms with van der Waals surface area (Å²) in [6.45, 7) is 13.1. The molecule has 2 rings (SSSR count). The summed E-state index contributed by atoms with van der Waals surface area (Å²) < 4.78 is 12.5. The van der Waals surface area contributed by atoms with Crippen LogP contribution in [-0.2, 0) is 16.2 Å². The third kappa shape index (κ3) is 3.15. The molecule has 0 spiro atoms. The minimum Gasteiger partial charge on any atom is -0.308 e. The van der Waals surface area contributed by atoms with Gasteiger partial charge in [0.2, 0.25) is 0 Å². The maximum absolute atomic E-state index is 12.5. The molecule has 112 valence electrons. The Hall–Kier alpha value is -0.670. The minimum atomic E-state index is -0.870. The normalized spacial score (nSPS) is 26.6. The number of rotatable bonds is 2. The molecule has 0 aromatic heterocycles. The van der Waals surface area contributed by atoms with E-state index in [0.29, 0.717) is 12.1 Å². The molecule has 2 nitrogen and oxygen atoms in total. The summed E-state index contributed by atoms with van der Waals surface area (Å²) in [6, 6.07) is 7.24. The van der Waals surface area contributed by atoms with Crippen molar-refractivity contribution >= 4 is 10.8 Å². The molecule has 0 aliphatic carbocycles. The zero-order chi connectivity index (χ0) is 15.1. The molecule has 1 heterocycles. The average molecular weight is 293 g/mol. The predicted molar refractivity (Wildman–Crippen MR) is 86.6 cm³/mol. The SMILES string of the molecule is CC(C)NC1CC(C)S(=O)c2ccc(C(C)(C)C)cc21. The first-order valence-corrected chi connectivity index (χ1v) is 8.72. The molecule has 1 aromatic carbocycles. The fraction of sp³-hybridized carbons (Fsp3) is 0.647. The van der Waals surface area contributed by atoms with E-state index in [4.69, 9.17) is 0 Å². The molecule has 0 radical (unpaired) electrons. The molecule has 20 heavy (non-hydrogen) atoms. The molecule has 0 amide bonds. The molecule has 0 fully saturated rings. The van der Waals surface area contributed by atoms with Crippen LogP contribution in [0.3, 0.4) is 0 Å². The lowest BCUT2D eigenvalue weighted by molar-refractivity contribution is 0.435. The van der Waals surface area contributed by atoms with E-state index < -0.39 is 10.8 Å². The molecule has 1 N–H and O–H groups in total. The van der Waals surface area contributed by atoms with Crippen LogP contribution in [0.4, 0.5) is 0 Å². The lowest BCUT2D eigenvalue weighted by atomic mass is 9.85. The predicted octanol–water partition coefficient (Wildman–Crippen LogP) is 3.92. The fourth-order valence-electron chi connectivity index (χ4n) is 2.79. The minimum absolute atomic E-state index is 0.127. The Kier molecular flexibility index (Phi) is 4.41. The van der Waals surface area contributed by atoms with Gasteiger partial charge in [-0.3, -0.25) is 4.21 Å². The number of nitrogens with one attached hydrogen (secondary N) is 1. The maximum atomic E-state index is 12.5. The summed E-state index contributed by atoms with van der Waals surface area (Å²) in [5.74, 6) is 0. The maximum Gasteiger partial charge on any atom is 0.0562 e. The van der Waals surface area contributed by atoms with Gasteiger partial charge in [-0.2, -0.15) is 0 Å². The standard InChI is InChI=1S/C17H27NOS/c1-11(2)18-15-9-12(3)20(19)16-8-7-13(10-14(15)16)17(4,5)6/h7-8,10-12,15,18H,9H2,1-6H3. The van der Waals surface area contributed by atoms with Gasteiger partial charge in [0.25, 0.3) is 0 Å². The molecule has 1 aliphatic heterocycles. The van der Waals surface area contributed by atoms with E-state index in [2.05, 4.69) is 65.1 Å². The largest absolute Gasteiger partial charge is 0.308 e. The highest BCUT2D eigenvalue weighted by molar-refractivity contribution is 7.85. The lowest BCUT2D eigenvalue weighted by Crippen LogP contribution is -2.35. The summed E-state index contributed by atoms with van der Waals surface area (Å²) >= 11 is 0. The first kappa shape index (κ1) is 15.7. The van der Waals surface area contributed by atoms with Gasteiger partial charge in [-0.05, 0) is 29.0 Å². The second-order valence-electron chi connectivity index (χ2n) is 7.22. The van der Waals surface area contributed by atoms with E-state index in [1.54, 1.807) is 0 Å². The molecule has 3 heteroatoms. The van der Waals surface area contributed by atoms with Gasteiger partial charge in [0.15, 0.2) is 0 Å². The smallest absolute Gasteiger partial charge is 0.0562 e. The quantitative estimate of drug-likeness (QED) is 0.895. The Bertz CT molecular complexity index is 516. The molecular weight excluding hydrogens is 266 g/mol. The van der Waals surface area contributed by atoms with Crippen molar-refractivity contribution < 1.29 is 4.21 Å². The van der Waals surface area contributed by atoms with Gasteiger partial charge in [-0.25, -0.2) is 0 Å². The van der Waals surface area contributed by atoms with Crippen LogP contribution in [0.2, 0.25) is 0 Å². The second-order valence-corrected chi connectivity index (χ2v) is 9.06. The Balaban J connectivity index is 2.49. The molecule has 0 bridgehead atoms. The number of fused-ring (bicyclic) bond motifs is 1. The van der Waals surface area contributed by atoms with Crippen molar-refractivity contribution in [3.8, 4) is 0 Å². The van der Waals surface area contributed by atoms with Gasteiger partial charge in [-0.15, -0.1) is 0 Å². The van der Waals surface area contributed by atoms with Gasteiger partial charge in [0.05, 0.1) is 10.8 Å². The summed E-state index contributed by atoms with van der Waals surface area (Å²) in [4.78, 5) is 1.02. The van der Waals surface area contributed by atoms with Crippen molar-refractivity contribution in [1.82, 2.24) is 5.32 Å². The van der Waals surface area contributed by atoms with Crippen molar-refractivity contribution in [1.29, 1.82) is 0 Å². The van der Waals surface area contributed by atoms with Crippen LogP contribution < -0.4 is 5.32 Å². The highest BCUT2D eigenvalue weighted by atomic mass is 32.2. The van der Waals surface area contributed by atoms with Gasteiger partial charge < -0.3 is 5.32 Å². The first-order chi connectivity index (χ1) is 9.20. The Morgan fingerprint density at radius 3 is 2.50 bits per heavy atom. The molecule has 0 saturated carbocycles. The second kappa shape index (κ2) is 5.61. The van der Waals surface area contributed by atoms with E-state index in [-0.39, 0.29) is 10.7 Å². The summed E-state index contributed by atoms with van der Waals surface area (Å²) in [6.07, 6.45) is 0.950. The van der Waals surface area contributed by atoms with Gasteiger partial charge in [-0.1, -0.05) is 53.7 Å². The fourth-order valence-corrected chi connectivity index (χ4v) is 4.23. The monoisotopic (exact) mass is 293 g/mol. The van der Waals surface area contributed by atoms with E-state index in [1.807, 2.05) is 0 Å². The zero-order valence-corrected chi connectivity index (χ0v) is 14.3. The highest BCUT2D eigenvalue weighted by Gasteiger charge is 2.31. The van der Waals surface area contributed by atoms with Crippen molar-refractivity contribution in [2.45, 2.75) is 75.6 Å². The van der Waals surface area contributed by atoms with Crippen LogP contribution in [0.15, 0.2) is 23.1 Å². The average Bonchev–Trinajstić information content (AvgIpc) is 2.33. The number of benzene rings is 1. The van der Waals surface area contributed by atoms with Gasteiger partial charge in [0.1, 0.15) is 0 Å². The van der Waals surface area contributed by atoms with Crippen LogP contribution in [0.1, 0.15) is 65.1 Å². The van der Waals surface area contributed by atoms with E-state index in [9.17, 15) is 4.21 Å². The molecule has 3 atom stereocenters. The summed E-state index contributed by atoms with van der Waals surface area (Å²) in [5, 5.41) is 3.85. The van der Waals surface area contributed by atoms with Crippen LogP contribution in [0, 0.1) is 0 Å². The highest BCUT2D eigenvalue weighted by Crippen LogP contribution is 2.36. The van der Waals surface area contributed by atoms with Crippen molar-refractivity contribution in [3.63, 3.8) is 0 Å². The van der Waals surface area contributed by atoms with E-state index >= 15 is 0 Å². The molecule has 3 unspecified atom stereocenters. The first-order valence-electron chi connectivity index (χ1n) is 7.51. The van der Waals surface area contributed by atoms with Crippen LogP contribution in [0.5, 0.6) is 0 Å².